The Hall–Kier alpha value is -4.06. The van der Waals surface area contributed by atoms with Gasteiger partial charge in [0.25, 0.3) is 5.91 Å². The number of aliphatic imine (C=N–C) groups is 1. The van der Waals surface area contributed by atoms with Gasteiger partial charge in [-0.25, -0.2) is 5.01 Å². The van der Waals surface area contributed by atoms with Crippen LogP contribution in [0.3, 0.4) is 0 Å². The van der Waals surface area contributed by atoms with E-state index in [4.69, 9.17) is 4.99 Å². The van der Waals surface area contributed by atoms with Crippen molar-refractivity contribution in [3.63, 3.8) is 0 Å². The molecule has 164 valence electrons. The molecule has 33 heavy (non-hydrogen) atoms. The average Bonchev–Trinajstić information content (AvgIpc) is 3.05. The van der Waals surface area contributed by atoms with E-state index in [1.807, 2.05) is 98.8 Å². The summed E-state index contributed by atoms with van der Waals surface area (Å²) in [4.78, 5) is 32.1. The van der Waals surface area contributed by atoms with E-state index in [-0.39, 0.29) is 11.8 Å². The monoisotopic (exact) mass is 436 g/mol. The molecule has 0 saturated heterocycles. The Labute approximate surface area is 192 Å². The van der Waals surface area contributed by atoms with Crippen LogP contribution >= 0.6 is 0 Å². The molecule has 0 bridgehead atoms. The van der Waals surface area contributed by atoms with Crippen LogP contribution < -0.4 is 10.3 Å². The lowest BCUT2D eigenvalue weighted by Crippen LogP contribution is -2.41. The van der Waals surface area contributed by atoms with Crippen molar-refractivity contribution in [2.45, 2.75) is 19.8 Å². The maximum absolute atomic E-state index is 13.7. The van der Waals surface area contributed by atoms with Crippen LogP contribution in [0.4, 0.5) is 17.1 Å². The highest BCUT2D eigenvalue weighted by Gasteiger charge is 2.47. The summed E-state index contributed by atoms with van der Waals surface area (Å²) in [5.41, 5.74) is 4.35. The summed E-state index contributed by atoms with van der Waals surface area (Å²) >= 11 is 0. The van der Waals surface area contributed by atoms with Crippen LogP contribution in [0, 0.1) is 11.8 Å². The molecule has 0 radical (unpaired) electrons. The van der Waals surface area contributed by atoms with E-state index in [1.54, 1.807) is 0 Å². The van der Waals surface area contributed by atoms with Gasteiger partial charge in [0.05, 0.1) is 28.9 Å². The molecule has 3 aromatic carbocycles. The number of rotatable bonds is 4. The molecule has 3 aromatic rings. The second-order valence-corrected chi connectivity index (χ2v) is 8.38. The molecular formula is C27H24N4O2. The number of carbonyl (C=O) groups excluding carboxylic acids is 2. The van der Waals surface area contributed by atoms with Gasteiger partial charge in [0.1, 0.15) is 0 Å². The summed E-state index contributed by atoms with van der Waals surface area (Å²) in [6, 6.07) is 26.6. The van der Waals surface area contributed by atoms with Crippen LogP contribution in [-0.2, 0) is 9.59 Å². The van der Waals surface area contributed by atoms with Crippen molar-refractivity contribution in [2.75, 3.05) is 10.3 Å². The predicted octanol–water partition coefficient (Wildman–Crippen LogP) is 5.17. The highest BCUT2D eigenvalue weighted by molar-refractivity contribution is 6.18. The van der Waals surface area contributed by atoms with E-state index in [1.165, 1.54) is 5.01 Å². The van der Waals surface area contributed by atoms with Gasteiger partial charge in [-0.05, 0) is 43.7 Å². The summed E-state index contributed by atoms with van der Waals surface area (Å²) in [7, 11) is 0. The van der Waals surface area contributed by atoms with Crippen molar-refractivity contribution in [3.8, 4) is 0 Å². The van der Waals surface area contributed by atoms with E-state index in [0.29, 0.717) is 28.5 Å². The van der Waals surface area contributed by atoms with Crippen molar-refractivity contribution in [1.82, 2.24) is 0 Å². The number of nitrogens with one attached hydrogen (secondary N) is 1. The van der Waals surface area contributed by atoms with Crippen LogP contribution in [0.1, 0.15) is 25.3 Å². The lowest BCUT2D eigenvalue weighted by Gasteiger charge is -2.30. The molecular weight excluding hydrogens is 412 g/mol. The minimum absolute atomic E-state index is 0.144. The first-order chi connectivity index (χ1) is 16.0. The van der Waals surface area contributed by atoms with Crippen molar-refractivity contribution >= 4 is 40.3 Å². The Morgan fingerprint density at radius 2 is 1.42 bits per heavy atom. The van der Waals surface area contributed by atoms with Crippen molar-refractivity contribution in [3.05, 3.63) is 90.5 Å². The number of benzene rings is 3. The van der Waals surface area contributed by atoms with Gasteiger partial charge in [-0.3, -0.25) is 14.6 Å². The number of hydrogen-bond donors (Lipinski definition) is 1. The number of amides is 2. The Bertz CT molecular complexity index is 1270. The van der Waals surface area contributed by atoms with Gasteiger partial charge >= 0.3 is 0 Å². The summed E-state index contributed by atoms with van der Waals surface area (Å²) in [6.45, 7) is 3.72. The average molecular weight is 437 g/mol. The lowest BCUT2D eigenvalue weighted by molar-refractivity contribution is -0.121. The number of para-hydroxylation sites is 3. The van der Waals surface area contributed by atoms with E-state index < -0.39 is 17.8 Å². The summed E-state index contributed by atoms with van der Waals surface area (Å²) < 4.78 is 0. The second kappa shape index (κ2) is 8.47. The van der Waals surface area contributed by atoms with Crippen LogP contribution in [0.5, 0.6) is 0 Å². The van der Waals surface area contributed by atoms with Crippen LogP contribution in [0.15, 0.2) is 95.0 Å². The fraction of sp³-hybridized carbons (Fsp3) is 0.185. The zero-order chi connectivity index (χ0) is 22.9. The largest absolute Gasteiger partial charge is 0.324 e. The lowest BCUT2D eigenvalue weighted by atomic mass is 9.72. The van der Waals surface area contributed by atoms with Gasteiger partial charge in [-0.2, -0.15) is 5.10 Å². The standard InChI is InChI=1S/C27H24N4O2/c1-17-23(26(32)29-22-16-10-9-15-21(22)28-17)25(19-11-5-3-6-12-19)24-18(2)30-31(27(24)33)20-13-7-4-8-14-20/h3-16,23-25H,1-2H3,(H,29,32)/t23-,24-,25-/m1/s1. The minimum atomic E-state index is -0.630. The molecule has 0 spiro atoms. The van der Waals surface area contributed by atoms with E-state index >= 15 is 0 Å². The molecule has 0 fully saturated rings. The highest BCUT2D eigenvalue weighted by atomic mass is 16.2. The van der Waals surface area contributed by atoms with Gasteiger partial charge in [-0.1, -0.05) is 60.7 Å². The molecule has 6 heteroatoms. The number of anilines is 2. The molecule has 2 heterocycles. The third-order valence-corrected chi connectivity index (χ3v) is 6.28. The van der Waals surface area contributed by atoms with E-state index in [0.717, 1.165) is 5.56 Å². The van der Waals surface area contributed by atoms with Crippen LogP contribution in [0.25, 0.3) is 0 Å². The Kier molecular flexibility index (Phi) is 5.34. The zero-order valence-corrected chi connectivity index (χ0v) is 18.5. The molecule has 5 rings (SSSR count). The fourth-order valence-electron chi connectivity index (χ4n) is 4.76. The minimum Gasteiger partial charge on any atom is -0.324 e. The third kappa shape index (κ3) is 3.74. The molecule has 0 aliphatic carbocycles. The number of fused-ring (bicyclic) bond motifs is 1. The molecule has 0 unspecified atom stereocenters. The van der Waals surface area contributed by atoms with Crippen molar-refractivity contribution in [2.24, 2.45) is 21.9 Å². The van der Waals surface area contributed by atoms with Crippen LogP contribution in [-0.4, -0.2) is 23.2 Å². The summed E-state index contributed by atoms with van der Waals surface area (Å²) in [6.07, 6.45) is 0. The first-order valence-corrected chi connectivity index (χ1v) is 11.0. The van der Waals surface area contributed by atoms with Crippen molar-refractivity contribution < 1.29 is 9.59 Å². The number of hydrogen-bond acceptors (Lipinski definition) is 4. The first kappa shape index (κ1) is 20.8. The van der Waals surface area contributed by atoms with Gasteiger partial charge in [0.2, 0.25) is 5.91 Å². The SMILES string of the molecule is CC1=Nc2ccccc2NC(=O)[C@H]1[C@@H](c1ccccc1)[C@@H]1C(=O)N(c2ccccc2)N=C1C. The molecule has 1 N–H and O–H groups in total. The first-order valence-electron chi connectivity index (χ1n) is 11.0. The van der Waals surface area contributed by atoms with Gasteiger partial charge in [0.15, 0.2) is 0 Å². The number of carbonyl (C=O) groups is 2. The maximum atomic E-state index is 13.7. The normalized spacial score (nSPS) is 21.0. The number of nitrogens with zero attached hydrogens (tertiary/aromatic N) is 3. The quantitative estimate of drug-likeness (QED) is 0.613. The highest BCUT2D eigenvalue weighted by Crippen LogP contribution is 2.42. The molecule has 2 amide bonds. The van der Waals surface area contributed by atoms with Gasteiger partial charge < -0.3 is 5.32 Å². The molecule has 0 aromatic heterocycles. The Balaban J connectivity index is 1.61. The Morgan fingerprint density at radius 3 is 2.15 bits per heavy atom. The van der Waals surface area contributed by atoms with E-state index in [2.05, 4.69) is 10.4 Å². The van der Waals surface area contributed by atoms with Crippen molar-refractivity contribution in [1.29, 1.82) is 0 Å². The smallest absolute Gasteiger partial charge is 0.256 e. The Morgan fingerprint density at radius 1 is 0.788 bits per heavy atom. The maximum Gasteiger partial charge on any atom is 0.256 e. The topological polar surface area (TPSA) is 74.1 Å². The molecule has 6 nitrogen and oxygen atoms in total. The van der Waals surface area contributed by atoms with E-state index in [9.17, 15) is 9.59 Å². The summed E-state index contributed by atoms with van der Waals surface area (Å²) in [5, 5.41) is 9.09. The zero-order valence-electron chi connectivity index (χ0n) is 18.5. The molecule has 2 aliphatic heterocycles. The third-order valence-electron chi connectivity index (χ3n) is 6.28. The predicted molar refractivity (Wildman–Crippen MR) is 131 cm³/mol. The number of hydrazone groups is 1. The fourth-order valence-corrected chi connectivity index (χ4v) is 4.76. The summed E-state index contributed by atoms with van der Waals surface area (Å²) in [5.74, 6) is -1.98. The molecule has 0 saturated carbocycles. The van der Waals surface area contributed by atoms with Gasteiger partial charge in [-0.15, -0.1) is 0 Å². The van der Waals surface area contributed by atoms with Crippen LogP contribution in [0.2, 0.25) is 0 Å². The molecule has 2 aliphatic rings. The second-order valence-electron chi connectivity index (χ2n) is 8.38. The molecule has 3 atom stereocenters. The van der Waals surface area contributed by atoms with Gasteiger partial charge in [0, 0.05) is 17.3 Å².